The first-order chi connectivity index (χ1) is 12.2. The highest BCUT2D eigenvalue weighted by molar-refractivity contribution is 6.32. The van der Waals surface area contributed by atoms with Crippen molar-refractivity contribution >= 4 is 28.3 Å². The van der Waals surface area contributed by atoms with Gasteiger partial charge in [0.15, 0.2) is 0 Å². The predicted molar refractivity (Wildman–Crippen MR) is 102 cm³/mol. The average Bonchev–Trinajstić information content (AvgIpc) is 3.16. The summed E-state index contributed by atoms with van der Waals surface area (Å²) in [6, 6.07) is 14.1. The molecule has 1 aliphatic rings. The number of fused-ring (bicyclic) bond motifs is 1. The fourth-order valence-electron chi connectivity index (χ4n) is 3.36. The van der Waals surface area contributed by atoms with E-state index >= 15 is 0 Å². The molecule has 0 aliphatic carbocycles. The standard InChI is InChI=1S/C20H20ClN3O/c1-25-18-9-8-14(12-16(18)21)13-19-22-17-7-3-2-6-15(17)20(23-19)24-10-4-5-11-24/h2-3,6-9,12H,4-5,10-11,13H2,1H3. The summed E-state index contributed by atoms with van der Waals surface area (Å²) in [4.78, 5) is 12.0. The molecule has 0 atom stereocenters. The van der Waals surface area contributed by atoms with Crippen LogP contribution in [0.25, 0.3) is 10.9 Å². The molecular weight excluding hydrogens is 334 g/mol. The van der Waals surface area contributed by atoms with Crippen molar-refractivity contribution in [1.29, 1.82) is 0 Å². The topological polar surface area (TPSA) is 38.2 Å². The maximum atomic E-state index is 6.25. The van der Waals surface area contributed by atoms with Gasteiger partial charge in [0, 0.05) is 24.9 Å². The van der Waals surface area contributed by atoms with Crippen LogP contribution >= 0.6 is 11.6 Å². The average molecular weight is 354 g/mol. The fraction of sp³-hybridized carbons (Fsp3) is 0.300. The summed E-state index contributed by atoms with van der Waals surface area (Å²) in [6.07, 6.45) is 3.10. The van der Waals surface area contributed by atoms with E-state index in [2.05, 4.69) is 17.0 Å². The lowest BCUT2D eigenvalue weighted by Gasteiger charge is -2.19. The van der Waals surface area contributed by atoms with Gasteiger partial charge >= 0.3 is 0 Å². The van der Waals surface area contributed by atoms with E-state index in [0.29, 0.717) is 17.2 Å². The summed E-state index contributed by atoms with van der Waals surface area (Å²) in [5.74, 6) is 2.56. The minimum Gasteiger partial charge on any atom is -0.495 e. The summed E-state index contributed by atoms with van der Waals surface area (Å²) < 4.78 is 5.22. The van der Waals surface area contributed by atoms with Crippen LogP contribution in [0.1, 0.15) is 24.2 Å². The largest absolute Gasteiger partial charge is 0.495 e. The van der Waals surface area contributed by atoms with Crippen LogP contribution < -0.4 is 9.64 Å². The Morgan fingerprint density at radius 2 is 1.88 bits per heavy atom. The number of para-hydroxylation sites is 1. The molecule has 4 nitrogen and oxygen atoms in total. The minimum atomic E-state index is 0.612. The first-order valence-corrected chi connectivity index (χ1v) is 8.95. The maximum absolute atomic E-state index is 6.25. The third kappa shape index (κ3) is 3.27. The van der Waals surface area contributed by atoms with Crippen LogP contribution in [0, 0.1) is 0 Å². The number of nitrogens with zero attached hydrogens (tertiary/aromatic N) is 3. The summed E-state index contributed by atoms with van der Waals surface area (Å²) in [6.45, 7) is 2.13. The number of hydrogen-bond acceptors (Lipinski definition) is 4. The molecule has 1 aliphatic heterocycles. The number of benzene rings is 2. The molecular formula is C20H20ClN3O. The predicted octanol–water partition coefficient (Wildman–Crippen LogP) is 4.48. The van der Waals surface area contributed by atoms with Gasteiger partial charge in [0.1, 0.15) is 17.4 Å². The van der Waals surface area contributed by atoms with Crippen LogP contribution in [-0.2, 0) is 6.42 Å². The molecule has 1 aromatic heterocycles. The van der Waals surface area contributed by atoms with Crippen molar-refractivity contribution in [3.05, 3.63) is 58.9 Å². The number of ether oxygens (including phenoxy) is 1. The van der Waals surface area contributed by atoms with Gasteiger partial charge in [-0.2, -0.15) is 0 Å². The van der Waals surface area contributed by atoms with E-state index in [1.165, 1.54) is 12.8 Å². The van der Waals surface area contributed by atoms with Gasteiger partial charge in [-0.05, 0) is 42.7 Å². The zero-order valence-corrected chi connectivity index (χ0v) is 15.0. The molecule has 0 spiro atoms. The van der Waals surface area contributed by atoms with E-state index in [-0.39, 0.29) is 0 Å². The minimum absolute atomic E-state index is 0.612. The van der Waals surface area contributed by atoms with Crippen LogP contribution in [0.15, 0.2) is 42.5 Å². The fourth-order valence-corrected chi connectivity index (χ4v) is 3.64. The molecule has 0 amide bonds. The first kappa shape index (κ1) is 16.2. The Kier molecular flexibility index (Phi) is 4.45. The number of rotatable bonds is 4. The highest BCUT2D eigenvalue weighted by Gasteiger charge is 2.18. The third-order valence-electron chi connectivity index (χ3n) is 4.61. The Bertz CT molecular complexity index is 907. The number of halogens is 1. The lowest BCUT2D eigenvalue weighted by molar-refractivity contribution is 0.415. The Hall–Kier alpha value is -2.33. The second-order valence-electron chi connectivity index (χ2n) is 6.32. The molecule has 128 valence electrons. The van der Waals surface area contributed by atoms with Crippen molar-refractivity contribution in [3.8, 4) is 5.75 Å². The summed E-state index contributed by atoms with van der Waals surface area (Å²) in [5.41, 5.74) is 2.07. The molecule has 2 aromatic carbocycles. The van der Waals surface area contributed by atoms with Crippen molar-refractivity contribution in [2.45, 2.75) is 19.3 Å². The Morgan fingerprint density at radius 3 is 2.64 bits per heavy atom. The molecule has 0 bridgehead atoms. The second kappa shape index (κ2) is 6.89. The number of hydrogen-bond donors (Lipinski definition) is 0. The molecule has 4 rings (SSSR count). The van der Waals surface area contributed by atoms with Crippen molar-refractivity contribution in [2.24, 2.45) is 0 Å². The van der Waals surface area contributed by atoms with Crippen molar-refractivity contribution in [1.82, 2.24) is 9.97 Å². The Labute approximate surface area is 152 Å². The molecule has 1 saturated heterocycles. The van der Waals surface area contributed by atoms with Gasteiger partial charge in [0.2, 0.25) is 0 Å². The highest BCUT2D eigenvalue weighted by Crippen LogP contribution is 2.29. The van der Waals surface area contributed by atoms with E-state index in [1.807, 2.05) is 30.3 Å². The molecule has 0 saturated carbocycles. The molecule has 1 fully saturated rings. The van der Waals surface area contributed by atoms with Gasteiger partial charge in [-0.15, -0.1) is 0 Å². The van der Waals surface area contributed by atoms with Gasteiger partial charge in [-0.1, -0.05) is 29.8 Å². The van der Waals surface area contributed by atoms with Gasteiger partial charge < -0.3 is 9.64 Å². The number of methoxy groups -OCH3 is 1. The van der Waals surface area contributed by atoms with Crippen LogP contribution in [0.2, 0.25) is 5.02 Å². The number of aromatic nitrogens is 2. The van der Waals surface area contributed by atoms with Crippen molar-refractivity contribution < 1.29 is 4.74 Å². The Balaban J connectivity index is 1.73. The molecule has 3 aromatic rings. The third-order valence-corrected chi connectivity index (χ3v) is 4.91. The molecule has 5 heteroatoms. The van der Waals surface area contributed by atoms with Crippen LogP contribution in [0.5, 0.6) is 5.75 Å². The van der Waals surface area contributed by atoms with Gasteiger partial charge in [0.25, 0.3) is 0 Å². The van der Waals surface area contributed by atoms with Crippen molar-refractivity contribution in [3.63, 3.8) is 0 Å². The van der Waals surface area contributed by atoms with Crippen molar-refractivity contribution in [2.75, 3.05) is 25.1 Å². The SMILES string of the molecule is COc1ccc(Cc2nc(N3CCCC3)c3ccccc3n2)cc1Cl. The molecule has 0 unspecified atom stereocenters. The van der Waals surface area contributed by atoms with Crippen LogP contribution in [0.4, 0.5) is 5.82 Å². The summed E-state index contributed by atoms with van der Waals surface area (Å²) in [5, 5.41) is 1.74. The highest BCUT2D eigenvalue weighted by atomic mass is 35.5. The Morgan fingerprint density at radius 1 is 1.08 bits per heavy atom. The van der Waals surface area contributed by atoms with Gasteiger partial charge in [-0.25, -0.2) is 9.97 Å². The van der Waals surface area contributed by atoms with Crippen LogP contribution in [-0.4, -0.2) is 30.2 Å². The van der Waals surface area contributed by atoms with E-state index in [9.17, 15) is 0 Å². The van der Waals surface area contributed by atoms with E-state index in [0.717, 1.165) is 41.2 Å². The first-order valence-electron chi connectivity index (χ1n) is 8.57. The lowest BCUT2D eigenvalue weighted by Crippen LogP contribution is -2.20. The zero-order chi connectivity index (χ0) is 17.2. The van der Waals surface area contributed by atoms with Crippen LogP contribution in [0.3, 0.4) is 0 Å². The normalized spacial score (nSPS) is 14.2. The maximum Gasteiger partial charge on any atom is 0.140 e. The molecule has 25 heavy (non-hydrogen) atoms. The smallest absolute Gasteiger partial charge is 0.140 e. The summed E-state index contributed by atoms with van der Waals surface area (Å²) >= 11 is 6.25. The van der Waals surface area contributed by atoms with E-state index in [4.69, 9.17) is 26.3 Å². The summed E-state index contributed by atoms with van der Waals surface area (Å²) in [7, 11) is 1.62. The van der Waals surface area contributed by atoms with E-state index < -0.39 is 0 Å². The molecule has 0 N–H and O–H groups in total. The second-order valence-corrected chi connectivity index (χ2v) is 6.73. The molecule has 2 heterocycles. The number of anilines is 1. The van der Waals surface area contributed by atoms with Gasteiger partial charge in [0.05, 0.1) is 17.6 Å². The monoisotopic (exact) mass is 353 g/mol. The van der Waals surface area contributed by atoms with E-state index in [1.54, 1.807) is 7.11 Å². The quantitative estimate of drug-likeness (QED) is 0.693. The lowest BCUT2D eigenvalue weighted by atomic mass is 10.1. The zero-order valence-electron chi connectivity index (χ0n) is 14.2. The molecule has 0 radical (unpaired) electrons. The van der Waals surface area contributed by atoms with Gasteiger partial charge in [-0.3, -0.25) is 0 Å².